The molecule has 92 valence electrons. The molecule has 5 nitrogen and oxygen atoms in total. The van der Waals surface area contributed by atoms with E-state index in [0.717, 1.165) is 17.3 Å². The number of hydrogen-bond acceptors (Lipinski definition) is 4. The Hall–Kier alpha value is -1.69. The minimum Gasteiger partial charge on any atom is -0.377 e. The van der Waals surface area contributed by atoms with Crippen LogP contribution in [0, 0.1) is 6.92 Å². The van der Waals surface area contributed by atoms with Gasteiger partial charge in [0.15, 0.2) is 5.17 Å². The lowest BCUT2D eigenvalue weighted by atomic mass is 10.1. The lowest BCUT2D eigenvalue weighted by molar-refractivity contribution is -0.118. The summed E-state index contributed by atoms with van der Waals surface area (Å²) in [5, 5.41) is 6.26. The molecule has 0 heterocycles. The van der Waals surface area contributed by atoms with E-state index < -0.39 is 0 Å². The van der Waals surface area contributed by atoms with Gasteiger partial charge in [-0.05, 0) is 12.5 Å². The van der Waals surface area contributed by atoms with Crippen molar-refractivity contribution in [1.29, 1.82) is 0 Å². The quantitative estimate of drug-likeness (QED) is 0.315. The Labute approximate surface area is 105 Å². The molecule has 6 heteroatoms. The van der Waals surface area contributed by atoms with Gasteiger partial charge in [-0.25, -0.2) is 0 Å². The zero-order valence-electron chi connectivity index (χ0n) is 9.64. The van der Waals surface area contributed by atoms with E-state index in [1.165, 1.54) is 5.56 Å². The van der Waals surface area contributed by atoms with Crippen LogP contribution in [0.15, 0.2) is 29.4 Å². The number of hydrogen-bond donors (Lipinski definition) is 3. The molecular weight excluding hydrogens is 236 g/mol. The summed E-state index contributed by atoms with van der Waals surface area (Å²) in [6, 6.07) is 7.99. The largest absolute Gasteiger partial charge is 0.377 e. The Morgan fingerprint density at radius 2 is 2.06 bits per heavy atom. The van der Waals surface area contributed by atoms with Gasteiger partial charge in [-0.3, -0.25) is 4.79 Å². The number of carbonyl (C=O) groups excluding carboxylic acids is 1. The molecule has 5 N–H and O–H groups in total. The van der Waals surface area contributed by atoms with E-state index in [2.05, 4.69) is 10.4 Å². The minimum atomic E-state index is -0.0952. The predicted octanol–water partition coefficient (Wildman–Crippen LogP) is 0.533. The molecule has 0 aliphatic heterocycles. The molecule has 0 aliphatic rings. The van der Waals surface area contributed by atoms with E-state index in [0.29, 0.717) is 6.54 Å². The molecule has 1 amide bonds. The number of carbonyl (C=O) groups is 1. The third-order valence-electron chi connectivity index (χ3n) is 2.09. The molecule has 0 radical (unpaired) electrons. The number of nitrogens with zero attached hydrogens (tertiary/aromatic N) is 1. The normalized spacial score (nSPS) is 11.2. The van der Waals surface area contributed by atoms with Crippen LogP contribution < -0.4 is 16.9 Å². The van der Waals surface area contributed by atoms with Gasteiger partial charge in [0.2, 0.25) is 5.91 Å². The van der Waals surface area contributed by atoms with Crippen molar-refractivity contribution in [3.8, 4) is 0 Å². The average Bonchev–Trinajstić information content (AvgIpc) is 2.35. The molecule has 0 saturated carbocycles. The van der Waals surface area contributed by atoms with Crippen molar-refractivity contribution in [1.82, 2.24) is 5.32 Å². The molecule has 0 fully saturated rings. The van der Waals surface area contributed by atoms with E-state index in [-0.39, 0.29) is 16.8 Å². The van der Waals surface area contributed by atoms with Crippen molar-refractivity contribution in [3.63, 3.8) is 0 Å². The van der Waals surface area contributed by atoms with Crippen LogP contribution in [0.25, 0.3) is 0 Å². The second-order valence-corrected chi connectivity index (χ2v) is 4.51. The predicted molar refractivity (Wildman–Crippen MR) is 71.3 cm³/mol. The molecule has 0 spiro atoms. The number of aryl methyl sites for hydroxylation is 1. The van der Waals surface area contributed by atoms with Gasteiger partial charge in [0, 0.05) is 6.54 Å². The molecular formula is C11H16N4OS. The molecule has 0 unspecified atom stereocenters. The first-order chi connectivity index (χ1) is 8.11. The van der Waals surface area contributed by atoms with Crippen molar-refractivity contribution in [2.75, 3.05) is 5.75 Å². The zero-order chi connectivity index (χ0) is 12.7. The first kappa shape index (κ1) is 13.4. The molecule has 0 aromatic heterocycles. The van der Waals surface area contributed by atoms with Gasteiger partial charge in [0.1, 0.15) is 0 Å². The number of amides is 1. The third kappa shape index (κ3) is 5.26. The van der Waals surface area contributed by atoms with Crippen molar-refractivity contribution >= 4 is 22.8 Å². The Bertz CT molecular complexity index is 402. The number of hydrazone groups is 1. The van der Waals surface area contributed by atoms with Gasteiger partial charge in [-0.1, -0.05) is 41.6 Å². The lowest BCUT2D eigenvalue weighted by Gasteiger charge is -2.05. The van der Waals surface area contributed by atoms with Crippen molar-refractivity contribution < 1.29 is 4.79 Å². The van der Waals surface area contributed by atoms with Gasteiger partial charge >= 0.3 is 0 Å². The van der Waals surface area contributed by atoms with Crippen LogP contribution in [0.4, 0.5) is 0 Å². The van der Waals surface area contributed by atoms with Crippen LogP contribution in [-0.4, -0.2) is 16.8 Å². The van der Waals surface area contributed by atoms with Crippen molar-refractivity contribution in [2.45, 2.75) is 13.5 Å². The SMILES string of the molecule is Cc1ccc(CNC(=O)CSC(N)=NN)cc1. The number of nitrogens with two attached hydrogens (primary N) is 2. The van der Waals surface area contributed by atoms with Gasteiger partial charge < -0.3 is 16.9 Å². The summed E-state index contributed by atoms with van der Waals surface area (Å²) < 4.78 is 0. The molecule has 0 atom stereocenters. The Kier molecular flexibility index (Phi) is 5.35. The number of benzene rings is 1. The molecule has 1 rings (SSSR count). The minimum absolute atomic E-state index is 0.0952. The molecule has 1 aromatic rings. The zero-order valence-corrected chi connectivity index (χ0v) is 10.5. The van der Waals surface area contributed by atoms with Gasteiger partial charge in [-0.15, -0.1) is 0 Å². The second kappa shape index (κ2) is 6.80. The van der Waals surface area contributed by atoms with Gasteiger partial charge in [-0.2, -0.15) is 5.10 Å². The fourth-order valence-electron chi connectivity index (χ4n) is 1.13. The first-order valence-corrected chi connectivity index (χ1v) is 6.09. The summed E-state index contributed by atoms with van der Waals surface area (Å²) in [5.74, 6) is 5.07. The maximum absolute atomic E-state index is 11.4. The summed E-state index contributed by atoms with van der Waals surface area (Å²) in [6.45, 7) is 2.53. The summed E-state index contributed by atoms with van der Waals surface area (Å²) in [6.07, 6.45) is 0. The Balaban J connectivity index is 2.31. The third-order valence-corrected chi connectivity index (χ3v) is 2.90. The van der Waals surface area contributed by atoms with Gasteiger partial charge in [0.05, 0.1) is 5.75 Å². The average molecular weight is 252 g/mol. The number of rotatable bonds is 4. The Morgan fingerprint density at radius 1 is 1.41 bits per heavy atom. The number of amidine groups is 1. The molecule has 17 heavy (non-hydrogen) atoms. The molecule has 0 bridgehead atoms. The summed E-state index contributed by atoms with van der Waals surface area (Å²) in [7, 11) is 0. The standard InChI is InChI=1S/C11H16N4OS/c1-8-2-4-9(5-3-8)6-14-10(16)7-17-11(12)15-13/h2-5H,6-7,13H2,1H3,(H2,12,15)(H,14,16). The highest BCUT2D eigenvalue weighted by atomic mass is 32.2. The smallest absolute Gasteiger partial charge is 0.230 e. The fraction of sp³-hybridized carbons (Fsp3) is 0.273. The summed E-state index contributed by atoms with van der Waals surface area (Å²) >= 11 is 1.11. The molecule has 0 saturated heterocycles. The van der Waals surface area contributed by atoms with Crippen molar-refractivity contribution in [2.24, 2.45) is 16.7 Å². The second-order valence-electron chi connectivity index (χ2n) is 3.52. The highest BCUT2D eigenvalue weighted by Gasteiger charge is 2.03. The number of thioether (sulfide) groups is 1. The van der Waals surface area contributed by atoms with E-state index in [9.17, 15) is 4.79 Å². The highest BCUT2D eigenvalue weighted by Crippen LogP contribution is 2.03. The maximum Gasteiger partial charge on any atom is 0.230 e. The highest BCUT2D eigenvalue weighted by molar-refractivity contribution is 8.14. The molecule has 1 aromatic carbocycles. The van der Waals surface area contributed by atoms with Crippen LogP contribution in [0.5, 0.6) is 0 Å². The Morgan fingerprint density at radius 3 is 2.65 bits per heavy atom. The van der Waals surface area contributed by atoms with Crippen LogP contribution in [0.1, 0.15) is 11.1 Å². The topological polar surface area (TPSA) is 93.5 Å². The summed E-state index contributed by atoms with van der Waals surface area (Å²) in [5.41, 5.74) is 7.61. The maximum atomic E-state index is 11.4. The van der Waals surface area contributed by atoms with E-state index in [1.54, 1.807) is 0 Å². The lowest BCUT2D eigenvalue weighted by Crippen LogP contribution is -2.26. The molecule has 0 aliphatic carbocycles. The van der Waals surface area contributed by atoms with Crippen LogP contribution in [0.3, 0.4) is 0 Å². The van der Waals surface area contributed by atoms with Gasteiger partial charge in [0.25, 0.3) is 0 Å². The van der Waals surface area contributed by atoms with Crippen molar-refractivity contribution in [3.05, 3.63) is 35.4 Å². The van der Waals surface area contributed by atoms with Crippen LogP contribution in [0.2, 0.25) is 0 Å². The fourth-order valence-corrected chi connectivity index (χ4v) is 1.59. The monoisotopic (exact) mass is 252 g/mol. The van der Waals surface area contributed by atoms with E-state index >= 15 is 0 Å². The first-order valence-electron chi connectivity index (χ1n) is 5.10. The number of nitrogens with one attached hydrogen (secondary N) is 1. The summed E-state index contributed by atoms with van der Waals surface area (Å²) in [4.78, 5) is 11.4. The van der Waals surface area contributed by atoms with Crippen LogP contribution >= 0.6 is 11.8 Å². The van der Waals surface area contributed by atoms with Crippen LogP contribution in [-0.2, 0) is 11.3 Å². The van der Waals surface area contributed by atoms with E-state index in [4.69, 9.17) is 11.6 Å². The van der Waals surface area contributed by atoms with E-state index in [1.807, 2.05) is 31.2 Å².